The summed E-state index contributed by atoms with van der Waals surface area (Å²) < 4.78 is 5.73. The number of nitrogens with zero attached hydrogens (tertiary/aromatic N) is 2. The molecule has 3 rings (SSSR count). The summed E-state index contributed by atoms with van der Waals surface area (Å²) in [5.74, 6) is 0. The molecule has 1 aliphatic carbocycles. The zero-order valence-electron chi connectivity index (χ0n) is 13.2. The molecular weight excluding hydrogens is 250 g/mol. The van der Waals surface area contributed by atoms with E-state index in [2.05, 4.69) is 29.0 Å². The number of piperazine rings is 1. The third-order valence-corrected chi connectivity index (χ3v) is 5.10. The number of hydrogen-bond donors (Lipinski definition) is 1. The van der Waals surface area contributed by atoms with Crippen LogP contribution in [0.1, 0.15) is 33.1 Å². The molecule has 1 unspecified atom stereocenters. The predicted molar refractivity (Wildman–Crippen MR) is 82.0 cm³/mol. The standard InChI is InChI=1S/C16H31N3O/c1-14(2)17-11-16(5-10-20-13-16)12-18-6-8-19(9-7-18)15-3-4-15/h14-15,17H,3-13H2,1-2H3. The van der Waals surface area contributed by atoms with Crippen molar-refractivity contribution < 1.29 is 4.74 Å². The van der Waals surface area contributed by atoms with Gasteiger partial charge in [0.15, 0.2) is 0 Å². The Bertz CT molecular complexity index is 303. The highest BCUT2D eigenvalue weighted by molar-refractivity contribution is 4.92. The molecule has 0 aromatic heterocycles. The van der Waals surface area contributed by atoms with E-state index < -0.39 is 0 Å². The average Bonchev–Trinajstić information content (AvgIpc) is 3.19. The Balaban J connectivity index is 1.48. The SMILES string of the molecule is CC(C)NCC1(CN2CCN(C3CC3)CC2)CCOC1. The van der Waals surface area contributed by atoms with E-state index in [1.807, 2.05) is 0 Å². The molecule has 1 atom stereocenters. The van der Waals surface area contributed by atoms with Crippen molar-refractivity contribution >= 4 is 0 Å². The number of rotatable bonds is 6. The summed E-state index contributed by atoms with van der Waals surface area (Å²) >= 11 is 0. The van der Waals surface area contributed by atoms with E-state index in [1.54, 1.807) is 0 Å². The fourth-order valence-electron chi connectivity index (χ4n) is 3.59. The van der Waals surface area contributed by atoms with E-state index in [0.29, 0.717) is 11.5 Å². The molecule has 0 radical (unpaired) electrons. The van der Waals surface area contributed by atoms with E-state index in [4.69, 9.17) is 4.74 Å². The van der Waals surface area contributed by atoms with Gasteiger partial charge in [-0.3, -0.25) is 4.90 Å². The molecule has 0 spiro atoms. The molecule has 3 aliphatic rings. The molecule has 2 saturated heterocycles. The van der Waals surface area contributed by atoms with Crippen LogP contribution in [-0.4, -0.2) is 74.4 Å². The normalized spacial score (nSPS) is 33.1. The summed E-state index contributed by atoms with van der Waals surface area (Å²) in [6.45, 7) is 13.7. The van der Waals surface area contributed by atoms with Crippen LogP contribution in [0, 0.1) is 5.41 Å². The third kappa shape index (κ3) is 3.73. The maximum atomic E-state index is 5.73. The highest BCUT2D eigenvalue weighted by atomic mass is 16.5. The van der Waals surface area contributed by atoms with Crippen LogP contribution < -0.4 is 5.32 Å². The van der Waals surface area contributed by atoms with Gasteiger partial charge in [0.05, 0.1) is 6.61 Å². The van der Waals surface area contributed by atoms with Gasteiger partial charge in [-0.1, -0.05) is 13.8 Å². The highest BCUT2D eigenvalue weighted by Crippen LogP contribution is 2.31. The molecule has 1 N–H and O–H groups in total. The van der Waals surface area contributed by atoms with Crippen LogP contribution >= 0.6 is 0 Å². The fourth-order valence-corrected chi connectivity index (χ4v) is 3.59. The Morgan fingerprint density at radius 2 is 1.95 bits per heavy atom. The first-order valence-electron chi connectivity index (χ1n) is 8.44. The molecule has 4 heteroatoms. The van der Waals surface area contributed by atoms with Gasteiger partial charge in [-0.2, -0.15) is 0 Å². The van der Waals surface area contributed by atoms with Crippen molar-refractivity contribution in [2.24, 2.45) is 5.41 Å². The minimum atomic E-state index is 0.353. The van der Waals surface area contributed by atoms with Gasteiger partial charge in [0.2, 0.25) is 0 Å². The molecule has 1 saturated carbocycles. The molecule has 3 fully saturated rings. The second-order valence-corrected chi connectivity index (χ2v) is 7.38. The molecule has 4 nitrogen and oxygen atoms in total. The molecule has 0 amide bonds. The van der Waals surface area contributed by atoms with E-state index in [0.717, 1.165) is 25.8 Å². The predicted octanol–water partition coefficient (Wildman–Crippen LogP) is 1.17. The van der Waals surface area contributed by atoms with Gasteiger partial charge >= 0.3 is 0 Å². The van der Waals surface area contributed by atoms with E-state index in [1.165, 1.54) is 52.0 Å². The van der Waals surface area contributed by atoms with Crippen molar-refractivity contribution in [2.45, 2.75) is 45.2 Å². The monoisotopic (exact) mass is 281 g/mol. The van der Waals surface area contributed by atoms with Crippen molar-refractivity contribution in [3.63, 3.8) is 0 Å². The first kappa shape index (κ1) is 14.8. The Hall–Kier alpha value is -0.160. The van der Waals surface area contributed by atoms with Crippen LogP contribution in [0.3, 0.4) is 0 Å². The van der Waals surface area contributed by atoms with E-state index in [-0.39, 0.29) is 0 Å². The maximum Gasteiger partial charge on any atom is 0.0547 e. The van der Waals surface area contributed by atoms with Crippen LogP contribution in [0.25, 0.3) is 0 Å². The van der Waals surface area contributed by atoms with Crippen molar-refractivity contribution in [1.29, 1.82) is 0 Å². The summed E-state index contributed by atoms with van der Waals surface area (Å²) in [6, 6.07) is 1.50. The van der Waals surface area contributed by atoms with Gasteiger partial charge in [-0.05, 0) is 19.3 Å². The second-order valence-electron chi connectivity index (χ2n) is 7.38. The van der Waals surface area contributed by atoms with Gasteiger partial charge in [-0.25, -0.2) is 0 Å². The molecule has 0 aromatic rings. The Labute approximate surface area is 123 Å². The van der Waals surface area contributed by atoms with Crippen LogP contribution in [0.2, 0.25) is 0 Å². The van der Waals surface area contributed by atoms with Crippen molar-refractivity contribution in [3.05, 3.63) is 0 Å². The second kappa shape index (κ2) is 6.30. The third-order valence-electron chi connectivity index (χ3n) is 5.10. The molecule has 0 bridgehead atoms. The number of ether oxygens (including phenoxy) is 1. The Kier molecular flexibility index (Phi) is 4.65. The minimum absolute atomic E-state index is 0.353. The van der Waals surface area contributed by atoms with Gasteiger partial charge in [0, 0.05) is 63.4 Å². The fraction of sp³-hybridized carbons (Fsp3) is 1.00. The summed E-state index contributed by atoms with van der Waals surface area (Å²) in [4.78, 5) is 5.37. The topological polar surface area (TPSA) is 27.7 Å². The maximum absolute atomic E-state index is 5.73. The van der Waals surface area contributed by atoms with Gasteiger partial charge in [0.25, 0.3) is 0 Å². The van der Waals surface area contributed by atoms with Gasteiger partial charge in [-0.15, -0.1) is 0 Å². The highest BCUT2D eigenvalue weighted by Gasteiger charge is 2.38. The first-order valence-corrected chi connectivity index (χ1v) is 8.44. The van der Waals surface area contributed by atoms with Crippen LogP contribution in [0.4, 0.5) is 0 Å². The molecule has 2 aliphatic heterocycles. The average molecular weight is 281 g/mol. The van der Waals surface area contributed by atoms with E-state index >= 15 is 0 Å². The van der Waals surface area contributed by atoms with E-state index in [9.17, 15) is 0 Å². The lowest BCUT2D eigenvalue weighted by molar-refractivity contribution is 0.0677. The summed E-state index contributed by atoms with van der Waals surface area (Å²) in [6.07, 6.45) is 4.10. The zero-order valence-corrected chi connectivity index (χ0v) is 13.2. The van der Waals surface area contributed by atoms with Crippen molar-refractivity contribution in [2.75, 3.05) is 52.5 Å². The summed E-state index contributed by atoms with van der Waals surface area (Å²) in [5, 5.41) is 3.64. The molecule has 0 aromatic carbocycles. The number of hydrogen-bond acceptors (Lipinski definition) is 4. The summed E-state index contributed by atoms with van der Waals surface area (Å²) in [5.41, 5.74) is 0.353. The first-order chi connectivity index (χ1) is 9.67. The van der Waals surface area contributed by atoms with Crippen LogP contribution in [-0.2, 0) is 4.74 Å². The van der Waals surface area contributed by atoms with Crippen LogP contribution in [0.5, 0.6) is 0 Å². The summed E-state index contributed by atoms with van der Waals surface area (Å²) in [7, 11) is 0. The molecule has 2 heterocycles. The lowest BCUT2D eigenvalue weighted by Crippen LogP contribution is -2.52. The lowest BCUT2D eigenvalue weighted by Gasteiger charge is -2.40. The van der Waals surface area contributed by atoms with Crippen molar-refractivity contribution in [1.82, 2.24) is 15.1 Å². The van der Waals surface area contributed by atoms with Gasteiger partial charge < -0.3 is 15.0 Å². The lowest BCUT2D eigenvalue weighted by atomic mass is 9.86. The van der Waals surface area contributed by atoms with Gasteiger partial charge in [0.1, 0.15) is 0 Å². The van der Waals surface area contributed by atoms with Crippen LogP contribution in [0.15, 0.2) is 0 Å². The van der Waals surface area contributed by atoms with Crippen molar-refractivity contribution in [3.8, 4) is 0 Å². The number of nitrogens with one attached hydrogen (secondary N) is 1. The quantitative estimate of drug-likeness (QED) is 0.791. The molecular formula is C16H31N3O. The minimum Gasteiger partial charge on any atom is -0.381 e. The molecule has 20 heavy (non-hydrogen) atoms. The Morgan fingerprint density at radius 3 is 2.50 bits per heavy atom. The Morgan fingerprint density at radius 1 is 1.20 bits per heavy atom. The largest absolute Gasteiger partial charge is 0.381 e. The zero-order chi connectivity index (χ0) is 14.0. The molecule has 116 valence electrons. The smallest absolute Gasteiger partial charge is 0.0547 e.